The van der Waals surface area contributed by atoms with E-state index in [1.165, 1.54) is 0 Å². The summed E-state index contributed by atoms with van der Waals surface area (Å²) < 4.78 is 47.8. The Hall–Kier alpha value is -3.89. The molecule has 0 saturated carbocycles. The lowest BCUT2D eigenvalue weighted by molar-refractivity contribution is -0.122. The number of imide groups is 1. The normalized spacial score (nSPS) is 16.7. The zero-order valence-electron chi connectivity index (χ0n) is 21.1. The lowest BCUT2D eigenvalue weighted by atomic mass is 10.00. The number of rotatable bonds is 7. The van der Waals surface area contributed by atoms with Crippen molar-refractivity contribution in [1.82, 2.24) is 9.29 Å². The third-order valence-electron chi connectivity index (χ3n) is 6.90. The number of aromatic nitrogens is 1. The molecule has 0 bridgehead atoms. The van der Waals surface area contributed by atoms with Crippen molar-refractivity contribution in [2.45, 2.75) is 50.1 Å². The van der Waals surface area contributed by atoms with Gasteiger partial charge >= 0.3 is 0 Å². The first-order valence-corrected chi connectivity index (χ1v) is 13.6. The van der Waals surface area contributed by atoms with Crippen LogP contribution in [0.1, 0.15) is 33.6 Å². The van der Waals surface area contributed by atoms with Gasteiger partial charge in [0.15, 0.2) is 5.58 Å². The van der Waals surface area contributed by atoms with Gasteiger partial charge in [0.2, 0.25) is 21.8 Å². The van der Waals surface area contributed by atoms with Gasteiger partial charge in [0.05, 0.1) is 17.0 Å². The van der Waals surface area contributed by atoms with Crippen LogP contribution in [0.2, 0.25) is 0 Å². The molecule has 0 N–H and O–H groups in total. The molecule has 5 rings (SSSR count). The van der Waals surface area contributed by atoms with E-state index in [0.717, 1.165) is 33.5 Å². The number of sulfonamides is 1. The lowest BCUT2D eigenvalue weighted by Crippen LogP contribution is -2.55. The monoisotopic (exact) mass is 535 g/mol. The summed E-state index contributed by atoms with van der Waals surface area (Å²) in [4.78, 5) is 32.1. The van der Waals surface area contributed by atoms with Crippen molar-refractivity contribution in [3.8, 4) is 11.5 Å². The van der Waals surface area contributed by atoms with Crippen LogP contribution in [-0.2, 0) is 19.6 Å². The summed E-state index contributed by atoms with van der Waals surface area (Å²) in [6.45, 7) is 5.20. The van der Waals surface area contributed by atoms with E-state index in [0.29, 0.717) is 34.7 Å². The quantitative estimate of drug-likeness (QED) is 0.304. The van der Waals surface area contributed by atoms with Crippen LogP contribution in [0.4, 0.5) is 10.1 Å². The molecule has 8 nitrogen and oxygen atoms in total. The molecule has 3 aromatic carbocycles. The Bertz CT molecular complexity index is 1600. The number of carbonyl (C=O) groups is 2. The molecule has 10 heteroatoms. The Balaban J connectivity index is 1.47. The van der Waals surface area contributed by atoms with E-state index in [4.69, 9.17) is 4.42 Å². The van der Waals surface area contributed by atoms with Crippen molar-refractivity contribution in [2.75, 3.05) is 4.90 Å². The molecule has 2 heterocycles. The van der Waals surface area contributed by atoms with E-state index in [-0.39, 0.29) is 11.3 Å². The van der Waals surface area contributed by atoms with Gasteiger partial charge in [-0.3, -0.25) is 9.59 Å². The zero-order chi connectivity index (χ0) is 27.2. The molecular formula is C28H26FN3O5S. The summed E-state index contributed by atoms with van der Waals surface area (Å²) in [5.74, 6) is -1.33. The highest BCUT2D eigenvalue weighted by atomic mass is 32.2. The number of carbonyl (C=O) groups excluding carboxylic acids is 2. The summed E-state index contributed by atoms with van der Waals surface area (Å²) in [7, 11) is -4.24. The van der Waals surface area contributed by atoms with E-state index in [2.05, 4.69) is 4.98 Å². The van der Waals surface area contributed by atoms with Gasteiger partial charge in [-0.1, -0.05) is 19.1 Å². The van der Waals surface area contributed by atoms with Crippen LogP contribution in [0.3, 0.4) is 0 Å². The Kier molecular flexibility index (Phi) is 6.40. The summed E-state index contributed by atoms with van der Waals surface area (Å²) >= 11 is 0. The number of nitrogens with zero attached hydrogens (tertiary/aromatic N) is 3. The molecule has 1 aliphatic rings. The maximum atomic E-state index is 13.7. The molecule has 196 valence electrons. The predicted molar refractivity (Wildman–Crippen MR) is 140 cm³/mol. The molecule has 2 amide bonds. The number of benzene rings is 3. The van der Waals surface area contributed by atoms with E-state index >= 15 is 0 Å². The number of hydrogen-bond acceptors (Lipinski definition) is 6. The molecule has 38 heavy (non-hydrogen) atoms. The molecule has 0 aliphatic carbocycles. The molecule has 1 saturated heterocycles. The highest BCUT2D eigenvalue weighted by molar-refractivity contribution is 7.89. The van der Waals surface area contributed by atoms with Crippen molar-refractivity contribution in [2.24, 2.45) is 0 Å². The first kappa shape index (κ1) is 25.7. The maximum absolute atomic E-state index is 13.7. The third-order valence-corrected chi connectivity index (χ3v) is 9.04. The molecule has 0 radical (unpaired) electrons. The lowest BCUT2D eigenvalue weighted by Gasteiger charge is -2.39. The smallest absolute Gasteiger partial charge is 0.252 e. The van der Waals surface area contributed by atoms with Crippen LogP contribution in [0.25, 0.3) is 22.6 Å². The van der Waals surface area contributed by atoms with Gasteiger partial charge in [-0.15, -0.1) is 0 Å². The van der Waals surface area contributed by atoms with Gasteiger partial charge in [-0.2, -0.15) is 4.31 Å². The van der Waals surface area contributed by atoms with Crippen LogP contribution in [-0.4, -0.2) is 41.1 Å². The molecule has 1 atom stereocenters. The predicted octanol–water partition coefficient (Wildman–Crippen LogP) is 5.15. The van der Waals surface area contributed by atoms with E-state index < -0.39 is 39.2 Å². The molecule has 1 fully saturated rings. The standard InChI is InChI=1S/C28H26FN3O5S/c1-4-28(2,3)32(38(35,36)21-15-11-19(29)12-16-21)23-17-25(33)31(27(23)34)20-13-9-18(10-14-20)26-30-22-7-5-6-8-24(22)37-26/h5-16,23H,4,17H2,1-3H3. The Morgan fingerprint density at radius 1 is 1.03 bits per heavy atom. The average molecular weight is 536 g/mol. The Labute approximate surface area is 219 Å². The molecule has 1 aliphatic heterocycles. The summed E-state index contributed by atoms with van der Waals surface area (Å²) in [6.07, 6.45) is 0.0696. The number of anilines is 1. The van der Waals surface area contributed by atoms with Gasteiger partial charge in [0.25, 0.3) is 5.91 Å². The summed E-state index contributed by atoms with van der Waals surface area (Å²) in [5.41, 5.74) is 1.32. The highest BCUT2D eigenvalue weighted by Crippen LogP contribution is 2.36. The number of hydrogen-bond donors (Lipinski definition) is 0. The molecule has 1 aromatic heterocycles. The van der Waals surface area contributed by atoms with Crippen LogP contribution in [0.5, 0.6) is 0 Å². The van der Waals surface area contributed by atoms with Crippen LogP contribution in [0.15, 0.2) is 82.1 Å². The molecule has 4 aromatic rings. The Morgan fingerprint density at radius 2 is 1.68 bits per heavy atom. The first-order valence-electron chi connectivity index (χ1n) is 12.2. The van der Waals surface area contributed by atoms with Crippen molar-refractivity contribution < 1.29 is 26.8 Å². The minimum absolute atomic E-state index is 0.151. The summed E-state index contributed by atoms with van der Waals surface area (Å²) in [5, 5.41) is 0. The molecule has 0 spiro atoms. The minimum Gasteiger partial charge on any atom is -0.436 e. The van der Waals surface area contributed by atoms with E-state index in [9.17, 15) is 22.4 Å². The fourth-order valence-corrected chi connectivity index (χ4v) is 6.60. The third kappa shape index (κ3) is 4.39. The molecular weight excluding hydrogens is 509 g/mol. The maximum Gasteiger partial charge on any atom is 0.252 e. The SMILES string of the molecule is CCC(C)(C)N(C1CC(=O)N(c2ccc(-c3nc4ccccc4o3)cc2)C1=O)S(=O)(=O)c1ccc(F)cc1. The fourth-order valence-electron chi connectivity index (χ4n) is 4.61. The van der Waals surface area contributed by atoms with Gasteiger partial charge < -0.3 is 4.42 Å². The van der Waals surface area contributed by atoms with Gasteiger partial charge in [0.1, 0.15) is 17.4 Å². The minimum atomic E-state index is -4.24. The zero-order valence-corrected chi connectivity index (χ0v) is 21.9. The second-order valence-corrected chi connectivity index (χ2v) is 11.6. The summed E-state index contributed by atoms with van der Waals surface area (Å²) in [6, 6.07) is 17.1. The van der Waals surface area contributed by atoms with Gasteiger partial charge in [0, 0.05) is 11.1 Å². The van der Waals surface area contributed by atoms with Crippen LogP contribution >= 0.6 is 0 Å². The first-order chi connectivity index (χ1) is 18.0. The van der Waals surface area contributed by atoms with Gasteiger partial charge in [-0.25, -0.2) is 22.7 Å². The second-order valence-electron chi connectivity index (χ2n) is 9.74. The number of fused-ring (bicyclic) bond motifs is 1. The number of oxazole rings is 1. The topological polar surface area (TPSA) is 101 Å². The van der Waals surface area contributed by atoms with E-state index in [1.54, 1.807) is 45.0 Å². The van der Waals surface area contributed by atoms with Crippen molar-refractivity contribution >= 4 is 38.6 Å². The van der Waals surface area contributed by atoms with Gasteiger partial charge in [-0.05, 0) is 80.9 Å². The highest BCUT2D eigenvalue weighted by Gasteiger charge is 2.51. The number of para-hydroxylation sites is 2. The number of halogens is 1. The largest absolute Gasteiger partial charge is 0.436 e. The second kappa shape index (κ2) is 9.45. The van der Waals surface area contributed by atoms with Crippen molar-refractivity contribution in [1.29, 1.82) is 0 Å². The Morgan fingerprint density at radius 3 is 2.32 bits per heavy atom. The molecule has 1 unspecified atom stereocenters. The van der Waals surface area contributed by atoms with Crippen LogP contribution < -0.4 is 4.90 Å². The number of amides is 2. The fraction of sp³-hybridized carbons (Fsp3) is 0.250. The average Bonchev–Trinajstić information content (AvgIpc) is 3.44. The van der Waals surface area contributed by atoms with Crippen LogP contribution in [0, 0.1) is 5.82 Å². The van der Waals surface area contributed by atoms with E-state index in [1.807, 2.05) is 24.3 Å². The van der Waals surface area contributed by atoms with Crippen molar-refractivity contribution in [3.63, 3.8) is 0 Å². The van der Waals surface area contributed by atoms with Crippen molar-refractivity contribution in [3.05, 3.63) is 78.6 Å².